The fraction of sp³-hybridized carbons (Fsp3) is 0.500. The third-order valence-electron chi connectivity index (χ3n) is 6.43. The first-order chi connectivity index (χ1) is 13.9. The quantitative estimate of drug-likeness (QED) is 0.864. The summed E-state index contributed by atoms with van der Waals surface area (Å²) in [4.78, 5) is 30.3. The largest absolute Gasteiger partial charge is 0.322 e. The van der Waals surface area contributed by atoms with Gasteiger partial charge in [-0.1, -0.05) is 17.7 Å². The average Bonchev–Trinajstić information content (AvgIpc) is 3.23. The highest BCUT2D eigenvalue weighted by atomic mass is 16.2. The standard InChI is InChI=1S/C22H29N5O2/c1-16-6-8-18(9-7-16)27-13-5-11-22(21(27)29)10-4-12-26(22)15-20(28)24-19-14-23-25(3)17(19)2/h6-9,14H,4-5,10-13,15H2,1-3H3,(H,24,28). The Morgan fingerprint density at radius 2 is 1.83 bits per heavy atom. The van der Waals surface area contributed by atoms with E-state index in [0.717, 1.165) is 55.8 Å². The summed E-state index contributed by atoms with van der Waals surface area (Å²) in [6.07, 6.45) is 5.17. The number of piperidine rings is 1. The molecule has 0 bridgehead atoms. The van der Waals surface area contributed by atoms with Gasteiger partial charge in [0.2, 0.25) is 11.8 Å². The molecular formula is C22H29N5O2. The van der Waals surface area contributed by atoms with Gasteiger partial charge in [0, 0.05) is 19.3 Å². The molecule has 2 amide bonds. The lowest BCUT2D eigenvalue weighted by Gasteiger charge is -2.44. The maximum absolute atomic E-state index is 13.6. The van der Waals surface area contributed by atoms with E-state index >= 15 is 0 Å². The first-order valence-electron chi connectivity index (χ1n) is 10.3. The lowest BCUT2D eigenvalue weighted by molar-refractivity contribution is -0.132. The van der Waals surface area contributed by atoms with E-state index in [1.165, 1.54) is 5.56 Å². The Kier molecular flexibility index (Phi) is 5.17. The number of benzene rings is 1. The number of aryl methyl sites for hydroxylation is 2. The molecule has 4 rings (SSSR count). The number of carbonyl (C=O) groups is 2. The van der Waals surface area contributed by atoms with Crippen molar-refractivity contribution in [2.75, 3.05) is 29.9 Å². The molecule has 1 atom stereocenters. The third kappa shape index (κ3) is 3.55. The summed E-state index contributed by atoms with van der Waals surface area (Å²) in [5.41, 5.74) is 3.19. The average molecular weight is 396 g/mol. The van der Waals surface area contributed by atoms with Gasteiger partial charge in [-0.15, -0.1) is 0 Å². The first kappa shape index (κ1) is 19.6. The fourth-order valence-electron chi connectivity index (χ4n) is 4.64. The highest BCUT2D eigenvalue weighted by Crippen LogP contribution is 2.39. The van der Waals surface area contributed by atoms with Crippen molar-refractivity contribution < 1.29 is 9.59 Å². The first-order valence-corrected chi connectivity index (χ1v) is 10.3. The number of rotatable bonds is 4. The van der Waals surface area contributed by atoms with Crippen molar-refractivity contribution >= 4 is 23.2 Å². The SMILES string of the molecule is Cc1ccc(N2CCCC3(CCCN3CC(=O)Nc3cnn(C)c3C)C2=O)cc1. The van der Waals surface area contributed by atoms with Crippen LogP contribution in [0.5, 0.6) is 0 Å². The molecule has 1 spiro atoms. The van der Waals surface area contributed by atoms with Gasteiger partial charge in [0.15, 0.2) is 0 Å². The van der Waals surface area contributed by atoms with Gasteiger partial charge < -0.3 is 10.2 Å². The van der Waals surface area contributed by atoms with Crippen molar-refractivity contribution in [3.05, 3.63) is 41.7 Å². The van der Waals surface area contributed by atoms with E-state index in [9.17, 15) is 9.59 Å². The Bertz CT molecular complexity index is 920. The van der Waals surface area contributed by atoms with E-state index in [1.54, 1.807) is 10.9 Å². The van der Waals surface area contributed by atoms with E-state index < -0.39 is 5.54 Å². The van der Waals surface area contributed by atoms with Crippen molar-refractivity contribution in [2.45, 2.75) is 45.1 Å². The minimum atomic E-state index is -0.565. The molecule has 0 aliphatic carbocycles. The maximum Gasteiger partial charge on any atom is 0.247 e. The summed E-state index contributed by atoms with van der Waals surface area (Å²) >= 11 is 0. The smallest absolute Gasteiger partial charge is 0.247 e. The molecule has 1 aromatic carbocycles. The molecule has 2 aliphatic heterocycles. The van der Waals surface area contributed by atoms with Crippen molar-refractivity contribution in [1.82, 2.24) is 14.7 Å². The Labute approximate surface area is 171 Å². The van der Waals surface area contributed by atoms with Gasteiger partial charge in [-0.3, -0.25) is 19.2 Å². The number of nitrogens with zero attached hydrogens (tertiary/aromatic N) is 4. The summed E-state index contributed by atoms with van der Waals surface area (Å²) in [6, 6.07) is 8.12. The molecule has 2 fully saturated rings. The second-order valence-corrected chi connectivity index (χ2v) is 8.27. The number of hydrogen-bond donors (Lipinski definition) is 1. The molecule has 1 unspecified atom stereocenters. The van der Waals surface area contributed by atoms with Crippen LogP contribution in [0.1, 0.15) is 36.9 Å². The van der Waals surface area contributed by atoms with E-state index in [-0.39, 0.29) is 18.4 Å². The predicted octanol–water partition coefficient (Wildman–Crippen LogP) is 2.64. The van der Waals surface area contributed by atoms with Crippen LogP contribution in [0.3, 0.4) is 0 Å². The Hall–Kier alpha value is -2.67. The number of hydrogen-bond acceptors (Lipinski definition) is 4. The van der Waals surface area contributed by atoms with Crippen LogP contribution in [0.4, 0.5) is 11.4 Å². The Morgan fingerprint density at radius 1 is 1.14 bits per heavy atom. The van der Waals surface area contributed by atoms with Crippen LogP contribution in [-0.2, 0) is 16.6 Å². The Balaban J connectivity index is 1.51. The van der Waals surface area contributed by atoms with Gasteiger partial charge in [0.05, 0.1) is 24.1 Å². The van der Waals surface area contributed by atoms with Gasteiger partial charge in [-0.25, -0.2) is 0 Å². The molecule has 154 valence electrons. The normalized spacial score (nSPS) is 22.4. The molecule has 0 saturated carbocycles. The van der Waals surface area contributed by atoms with Gasteiger partial charge >= 0.3 is 0 Å². The topological polar surface area (TPSA) is 70.5 Å². The van der Waals surface area contributed by atoms with Crippen LogP contribution in [0.2, 0.25) is 0 Å². The molecule has 29 heavy (non-hydrogen) atoms. The van der Waals surface area contributed by atoms with E-state index in [2.05, 4.69) is 15.3 Å². The summed E-state index contributed by atoms with van der Waals surface area (Å²) in [7, 11) is 1.85. The number of aromatic nitrogens is 2. The van der Waals surface area contributed by atoms with Gasteiger partial charge in [0.25, 0.3) is 0 Å². The molecule has 1 N–H and O–H groups in total. The van der Waals surface area contributed by atoms with Crippen LogP contribution in [0, 0.1) is 13.8 Å². The molecule has 2 saturated heterocycles. The van der Waals surface area contributed by atoms with Crippen LogP contribution >= 0.6 is 0 Å². The zero-order valence-electron chi connectivity index (χ0n) is 17.4. The zero-order valence-corrected chi connectivity index (χ0v) is 17.4. The molecule has 1 aromatic heterocycles. The van der Waals surface area contributed by atoms with E-state index in [1.807, 2.05) is 50.1 Å². The number of nitrogens with one attached hydrogen (secondary N) is 1. The Morgan fingerprint density at radius 3 is 2.48 bits per heavy atom. The highest BCUT2D eigenvalue weighted by molar-refractivity contribution is 6.02. The van der Waals surface area contributed by atoms with E-state index in [4.69, 9.17) is 0 Å². The summed E-state index contributed by atoms with van der Waals surface area (Å²) in [5.74, 6) is 0.0399. The fourth-order valence-corrected chi connectivity index (χ4v) is 4.64. The van der Waals surface area contributed by atoms with Gasteiger partial charge in [-0.2, -0.15) is 5.10 Å². The summed E-state index contributed by atoms with van der Waals surface area (Å²) in [6.45, 7) is 5.70. The minimum Gasteiger partial charge on any atom is -0.322 e. The van der Waals surface area contributed by atoms with Crippen LogP contribution in [0.15, 0.2) is 30.5 Å². The minimum absolute atomic E-state index is 0.0948. The number of carbonyl (C=O) groups excluding carboxylic acids is 2. The van der Waals surface area contributed by atoms with Crippen molar-refractivity contribution in [2.24, 2.45) is 7.05 Å². The van der Waals surface area contributed by atoms with Crippen LogP contribution in [-0.4, -0.2) is 51.7 Å². The monoisotopic (exact) mass is 395 g/mol. The number of likely N-dealkylation sites (tertiary alicyclic amines) is 1. The maximum atomic E-state index is 13.6. The molecular weight excluding hydrogens is 366 g/mol. The van der Waals surface area contributed by atoms with Gasteiger partial charge in [0.1, 0.15) is 5.54 Å². The molecule has 7 nitrogen and oxygen atoms in total. The molecule has 3 heterocycles. The van der Waals surface area contributed by atoms with Crippen molar-refractivity contribution in [3.8, 4) is 0 Å². The predicted molar refractivity (Wildman–Crippen MR) is 113 cm³/mol. The summed E-state index contributed by atoms with van der Waals surface area (Å²) < 4.78 is 1.73. The molecule has 7 heteroatoms. The summed E-state index contributed by atoms with van der Waals surface area (Å²) in [5, 5.41) is 7.13. The highest BCUT2D eigenvalue weighted by Gasteiger charge is 2.51. The van der Waals surface area contributed by atoms with Crippen molar-refractivity contribution in [3.63, 3.8) is 0 Å². The molecule has 0 radical (unpaired) electrons. The van der Waals surface area contributed by atoms with Gasteiger partial charge in [-0.05, 0) is 58.2 Å². The third-order valence-corrected chi connectivity index (χ3v) is 6.43. The zero-order chi connectivity index (χ0) is 20.6. The molecule has 2 aliphatic rings. The second-order valence-electron chi connectivity index (χ2n) is 8.27. The second kappa shape index (κ2) is 7.63. The van der Waals surface area contributed by atoms with Crippen molar-refractivity contribution in [1.29, 1.82) is 0 Å². The van der Waals surface area contributed by atoms with Crippen LogP contribution < -0.4 is 10.2 Å². The molecule has 2 aromatic rings. The lowest BCUT2D eigenvalue weighted by Crippen LogP contribution is -2.61. The van der Waals surface area contributed by atoms with Crippen LogP contribution in [0.25, 0.3) is 0 Å². The van der Waals surface area contributed by atoms with E-state index in [0.29, 0.717) is 0 Å². The lowest BCUT2D eigenvalue weighted by atomic mass is 9.85. The number of anilines is 2. The number of amides is 2.